The van der Waals surface area contributed by atoms with Crippen LogP contribution in [0.1, 0.15) is 37.0 Å². The first-order valence-corrected chi connectivity index (χ1v) is 11.7. The molecule has 0 atom stereocenters. The van der Waals surface area contributed by atoms with E-state index in [1.807, 2.05) is 65.3 Å². The number of ether oxygens (including phenoxy) is 1. The van der Waals surface area contributed by atoms with Crippen LogP contribution in [-0.4, -0.2) is 40.2 Å². The number of methoxy groups -OCH3 is 1. The van der Waals surface area contributed by atoms with Gasteiger partial charge in [-0.05, 0) is 49.1 Å². The fourth-order valence-electron chi connectivity index (χ4n) is 3.89. The number of amides is 1. The molecule has 174 valence electrons. The second-order valence-corrected chi connectivity index (χ2v) is 9.12. The molecule has 2 heterocycles. The number of imidazole rings is 1. The molecule has 0 aliphatic heterocycles. The third kappa shape index (κ3) is 4.46. The highest BCUT2D eigenvalue weighted by atomic mass is 16.5. The molecular formula is C27H29N5O2. The quantitative estimate of drug-likeness (QED) is 0.389. The van der Waals surface area contributed by atoms with Crippen LogP contribution in [0.4, 0.5) is 5.69 Å². The number of anilines is 1. The van der Waals surface area contributed by atoms with Crippen LogP contribution in [0.5, 0.6) is 5.75 Å². The minimum absolute atomic E-state index is 0.0241. The maximum Gasteiger partial charge on any atom is 0.251 e. The molecule has 1 saturated carbocycles. The molecule has 1 fully saturated rings. The summed E-state index contributed by atoms with van der Waals surface area (Å²) in [6.07, 6.45) is 3.96. The Morgan fingerprint density at radius 1 is 1.15 bits per heavy atom. The van der Waals surface area contributed by atoms with Gasteiger partial charge in [-0.15, -0.1) is 0 Å². The number of nitrogens with one attached hydrogen (secondary N) is 2. The Kier molecular flexibility index (Phi) is 5.92. The van der Waals surface area contributed by atoms with Crippen LogP contribution in [0.15, 0.2) is 60.8 Å². The van der Waals surface area contributed by atoms with Crippen LogP contribution < -0.4 is 15.4 Å². The maximum atomic E-state index is 12.4. The van der Waals surface area contributed by atoms with Crippen LogP contribution in [0.3, 0.4) is 0 Å². The van der Waals surface area contributed by atoms with Crippen molar-refractivity contribution < 1.29 is 9.53 Å². The molecule has 2 aromatic heterocycles. The molecule has 1 aliphatic rings. The van der Waals surface area contributed by atoms with E-state index in [4.69, 9.17) is 9.84 Å². The molecule has 0 spiro atoms. The Hall–Kier alpha value is -3.87. The molecule has 2 aromatic carbocycles. The average molecular weight is 456 g/mol. The highest BCUT2D eigenvalue weighted by Crippen LogP contribution is 2.32. The van der Waals surface area contributed by atoms with E-state index in [-0.39, 0.29) is 5.91 Å². The van der Waals surface area contributed by atoms with Crippen molar-refractivity contribution in [3.63, 3.8) is 0 Å². The van der Waals surface area contributed by atoms with Gasteiger partial charge in [-0.1, -0.05) is 38.1 Å². The van der Waals surface area contributed by atoms with Crippen molar-refractivity contribution in [3.8, 4) is 28.3 Å². The fourth-order valence-corrected chi connectivity index (χ4v) is 3.89. The van der Waals surface area contributed by atoms with E-state index in [1.54, 1.807) is 7.11 Å². The first-order valence-electron chi connectivity index (χ1n) is 11.7. The predicted octanol–water partition coefficient (Wildman–Crippen LogP) is 5.03. The summed E-state index contributed by atoms with van der Waals surface area (Å²) in [6.45, 7) is 5.16. The summed E-state index contributed by atoms with van der Waals surface area (Å²) in [5.74, 6) is 1.22. The van der Waals surface area contributed by atoms with Crippen molar-refractivity contribution in [2.75, 3.05) is 19.0 Å². The SMILES string of the molecule is COc1ccccc1-c1cc(NCC(C)C)c2ncc(-c3ccc(C(=O)NC4CC4)cc3)n2n1. The molecule has 1 aliphatic carbocycles. The fraction of sp³-hybridized carbons (Fsp3) is 0.296. The Morgan fingerprint density at radius 2 is 1.91 bits per heavy atom. The number of carbonyl (C=O) groups excluding carboxylic acids is 1. The summed E-state index contributed by atoms with van der Waals surface area (Å²) >= 11 is 0. The zero-order valence-electron chi connectivity index (χ0n) is 19.7. The number of carbonyl (C=O) groups is 1. The van der Waals surface area contributed by atoms with Crippen molar-refractivity contribution in [1.82, 2.24) is 19.9 Å². The van der Waals surface area contributed by atoms with E-state index in [9.17, 15) is 4.79 Å². The van der Waals surface area contributed by atoms with E-state index in [0.717, 1.165) is 59.0 Å². The topological polar surface area (TPSA) is 80.5 Å². The Bertz CT molecular complexity index is 1320. The molecule has 0 radical (unpaired) electrons. The van der Waals surface area contributed by atoms with Crippen LogP contribution in [0.2, 0.25) is 0 Å². The van der Waals surface area contributed by atoms with Gasteiger partial charge in [-0.25, -0.2) is 9.50 Å². The van der Waals surface area contributed by atoms with Crippen LogP contribution in [0, 0.1) is 5.92 Å². The number of hydrogen-bond donors (Lipinski definition) is 2. The molecule has 5 rings (SSSR count). The van der Waals surface area contributed by atoms with E-state index >= 15 is 0 Å². The maximum absolute atomic E-state index is 12.4. The van der Waals surface area contributed by atoms with Crippen LogP contribution in [0.25, 0.3) is 28.2 Å². The Labute approximate surface area is 199 Å². The molecule has 34 heavy (non-hydrogen) atoms. The highest BCUT2D eigenvalue weighted by Gasteiger charge is 2.24. The third-order valence-electron chi connectivity index (χ3n) is 5.91. The minimum Gasteiger partial charge on any atom is -0.496 e. The number of rotatable bonds is 8. The van der Waals surface area contributed by atoms with Crippen LogP contribution in [-0.2, 0) is 0 Å². The highest BCUT2D eigenvalue weighted by molar-refractivity contribution is 5.95. The van der Waals surface area contributed by atoms with Crippen molar-refractivity contribution in [2.24, 2.45) is 5.92 Å². The molecule has 7 heteroatoms. The van der Waals surface area contributed by atoms with E-state index in [1.165, 1.54) is 0 Å². The van der Waals surface area contributed by atoms with Gasteiger partial charge in [0.15, 0.2) is 5.65 Å². The lowest BCUT2D eigenvalue weighted by Crippen LogP contribution is -2.25. The van der Waals surface area contributed by atoms with Gasteiger partial charge in [0, 0.05) is 29.3 Å². The van der Waals surface area contributed by atoms with Crippen LogP contribution >= 0.6 is 0 Å². The molecular weight excluding hydrogens is 426 g/mol. The summed E-state index contributed by atoms with van der Waals surface area (Å²) < 4.78 is 7.46. The lowest BCUT2D eigenvalue weighted by molar-refractivity contribution is 0.0951. The lowest BCUT2D eigenvalue weighted by atomic mass is 10.1. The molecule has 1 amide bonds. The molecule has 2 N–H and O–H groups in total. The second-order valence-electron chi connectivity index (χ2n) is 9.12. The number of benzene rings is 2. The minimum atomic E-state index is -0.0241. The number of hydrogen-bond acceptors (Lipinski definition) is 5. The third-order valence-corrected chi connectivity index (χ3v) is 5.91. The summed E-state index contributed by atoms with van der Waals surface area (Å²) in [5, 5.41) is 11.5. The number of aromatic nitrogens is 3. The summed E-state index contributed by atoms with van der Waals surface area (Å²) in [5.41, 5.74) is 5.82. The molecule has 0 unspecified atom stereocenters. The van der Waals surface area contributed by atoms with Gasteiger partial charge in [0.2, 0.25) is 0 Å². The van der Waals surface area contributed by atoms with Gasteiger partial charge in [0.05, 0.1) is 30.4 Å². The lowest BCUT2D eigenvalue weighted by Gasteiger charge is -2.14. The van der Waals surface area contributed by atoms with E-state index < -0.39 is 0 Å². The molecule has 0 bridgehead atoms. The smallest absolute Gasteiger partial charge is 0.251 e. The zero-order valence-corrected chi connectivity index (χ0v) is 19.7. The zero-order chi connectivity index (χ0) is 23.7. The number of para-hydroxylation sites is 1. The first kappa shape index (κ1) is 21.9. The Balaban J connectivity index is 1.57. The van der Waals surface area contributed by atoms with Gasteiger partial charge in [-0.3, -0.25) is 4.79 Å². The second kappa shape index (κ2) is 9.17. The van der Waals surface area contributed by atoms with Crippen molar-refractivity contribution >= 4 is 17.2 Å². The first-order chi connectivity index (χ1) is 16.5. The average Bonchev–Trinajstić information content (AvgIpc) is 3.57. The predicted molar refractivity (Wildman–Crippen MR) is 134 cm³/mol. The summed E-state index contributed by atoms with van der Waals surface area (Å²) in [7, 11) is 1.67. The normalized spacial score (nSPS) is 13.3. The van der Waals surface area contributed by atoms with E-state index in [0.29, 0.717) is 17.5 Å². The van der Waals surface area contributed by atoms with E-state index in [2.05, 4.69) is 29.5 Å². The summed E-state index contributed by atoms with van der Waals surface area (Å²) in [4.78, 5) is 17.1. The van der Waals surface area contributed by atoms with Gasteiger partial charge in [0.1, 0.15) is 5.75 Å². The Morgan fingerprint density at radius 3 is 2.62 bits per heavy atom. The van der Waals surface area contributed by atoms with Gasteiger partial charge in [0.25, 0.3) is 5.91 Å². The summed E-state index contributed by atoms with van der Waals surface area (Å²) in [6, 6.07) is 17.8. The molecule has 7 nitrogen and oxygen atoms in total. The van der Waals surface area contributed by atoms with Gasteiger partial charge < -0.3 is 15.4 Å². The van der Waals surface area contributed by atoms with Crippen molar-refractivity contribution in [3.05, 3.63) is 66.4 Å². The molecule has 4 aromatic rings. The van der Waals surface area contributed by atoms with Crippen molar-refractivity contribution in [1.29, 1.82) is 0 Å². The largest absolute Gasteiger partial charge is 0.496 e. The van der Waals surface area contributed by atoms with Gasteiger partial charge >= 0.3 is 0 Å². The monoisotopic (exact) mass is 455 g/mol. The van der Waals surface area contributed by atoms with Gasteiger partial charge in [-0.2, -0.15) is 5.10 Å². The number of fused-ring (bicyclic) bond motifs is 1. The number of nitrogens with zero attached hydrogens (tertiary/aromatic N) is 3. The standard InChI is InChI=1S/C27H29N5O2/c1-17(2)15-28-23-14-22(21-6-4-5-7-25(21)34-3)31-32-24(16-29-26(23)32)18-8-10-19(11-9-18)27(33)30-20-12-13-20/h4-11,14,16-17,20,28H,12-13,15H2,1-3H3,(H,30,33). The molecule has 0 saturated heterocycles. The van der Waals surface area contributed by atoms with Crippen molar-refractivity contribution in [2.45, 2.75) is 32.7 Å².